The Morgan fingerprint density at radius 3 is 2.45 bits per heavy atom. The van der Waals surface area contributed by atoms with Crippen molar-refractivity contribution in [3.05, 3.63) is 125 Å². The lowest BCUT2D eigenvalue weighted by Crippen LogP contribution is -2.06. The van der Waals surface area contributed by atoms with Crippen molar-refractivity contribution in [3.63, 3.8) is 0 Å². The Morgan fingerprint density at radius 2 is 1.76 bits per heavy atom. The van der Waals surface area contributed by atoms with Crippen molar-refractivity contribution in [2.45, 2.75) is 32.7 Å². The van der Waals surface area contributed by atoms with E-state index in [0.717, 1.165) is 23.2 Å². The fourth-order valence-electron chi connectivity index (χ4n) is 4.01. The highest BCUT2D eigenvalue weighted by Crippen LogP contribution is 2.30. The van der Waals surface area contributed by atoms with Crippen LogP contribution in [-0.4, -0.2) is 14.7 Å². The minimum absolute atomic E-state index is 0.239. The maximum absolute atomic E-state index is 14.1. The Labute approximate surface area is 192 Å². The summed E-state index contributed by atoms with van der Waals surface area (Å²) in [6.07, 6.45) is 4.73. The van der Waals surface area contributed by atoms with Gasteiger partial charge in [-0.1, -0.05) is 59.8 Å². The average molecular weight is 439 g/mol. The van der Waals surface area contributed by atoms with Crippen molar-refractivity contribution >= 4 is 0 Å². The summed E-state index contributed by atoms with van der Waals surface area (Å²) in [7, 11) is 0. The van der Waals surface area contributed by atoms with Crippen LogP contribution in [0.1, 0.15) is 39.6 Å². The number of hydrogen-bond acceptors (Lipinski definition) is 3. The molecule has 0 aliphatic heterocycles. The van der Waals surface area contributed by atoms with E-state index in [-0.39, 0.29) is 11.7 Å². The smallest absolute Gasteiger partial charge is 0.234 e. The average Bonchev–Trinajstić information content (AvgIpc) is 3.27. The second-order valence-electron chi connectivity index (χ2n) is 8.55. The Morgan fingerprint density at radius 1 is 0.970 bits per heavy atom. The first-order chi connectivity index (χ1) is 16.0. The molecule has 0 radical (unpaired) electrons. The van der Waals surface area contributed by atoms with Crippen LogP contribution in [0.3, 0.4) is 0 Å². The molecule has 0 saturated heterocycles. The zero-order chi connectivity index (χ0) is 22.8. The molecule has 5 aromatic rings. The Balaban J connectivity index is 1.44. The molecular weight excluding hydrogens is 413 g/mol. The van der Waals surface area contributed by atoms with Gasteiger partial charge in [-0.15, -0.1) is 18.5 Å². The van der Waals surface area contributed by atoms with Crippen LogP contribution < -0.4 is 0 Å². The molecule has 0 spiro atoms. The molecule has 33 heavy (non-hydrogen) atoms. The van der Waals surface area contributed by atoms with Gasteiger partial charge in [0.1, 0.15) is 5.82 Å². The van der Waals surface area contributed by atoms with E-state index in [1.165, 1.54) is 22.8 Å². The summed E-state index contributed by atoms with van der Waals surface area (Å²) in [5, 5.41) is 4.24. The Hall–Kier alpha value is -3.86. The predicted molar refractivity (Wildman–Crippen MR) is 127 cm³/mol. The molecule has 3 aromatic carbocycles. The van der Waals surface area contributed by atoms with Crippen molar-refractivity contribution in [2.75, 3.05) is 0 Å². The van der Waals surface area contributed by atoms with Gasteiger partial charge in [-0.2, -0.15) is 4.98 Å². The molecule has 0 amide bonds. The van der Waals surface area contributed by atoms with Gasteiger partial charge in [-0.3, -0.25) is 0 Å². The highest BCUT2D eigenvalue weighted by molar-refractivity contribution is 5.55. The number of aryl methyl sites for hydroxylation is 2. The molecular formula is C28H25FN3O-. The van der Waals surface area contributed by atoms with E-state index >= 15 is 0 Å². The number of hydrogen-bond donors (Lipinski definition) is 0. The van der Waals surface area contributed by atoms with Gasteiger partial charge in [-0.25, -0.2) is 4.39 Å². The van der Waals surface area contributed by atoms with Crippen LogP contribution in [0.2, 0.25) is 0 Å². The van der Waals surface area contributed by atoms with Gasteiger partial charge in [0, 0.05) is 12.1 Å². The van der Waals surface area contributed by atoms with E-state index in [0.29, 0.717) is 18.1 Å². The maximum Gasteiger partial charge on any atom is 0.234 e. The fourth-order valence-corrected chi connectivity index (χ4v) is 4.01. The number of nitrogens with zero attached hydrogens (tertiary/aromatic N) is 3. The lowest BCUT2D eigenvalue weighted by Gasteiger charge is -2.15. The summed E-state index contributed by atoms with van der Waals surface area (Å²) in [4.78, 5) is 4.71. The van der Waals surface area contributed by atoms with Crippen LogP contribution in [0, 0.1) is 19.7 Å². The SMILES string of the molecule is Cc1ccc(CC(c2cccc(F)c2)c2nc(-c3ccc(Cn4cc[cH-]4)cc3)no2)cc1C. The lowest BCUT2D eigenvalue weighted by atomic mass is 9.90. The molecule has 166 valence electrons. The number of halogens is 1. The molecule has 5 rings (SSSR count). The predicted octanol–water partition coefficient (Wildman–Crippen LogP) is 6.44. The van der Waals surface area contributed by atoms with Gasteiger partial charge in [0.25, 0.3) is 0 Å². The van der Waals surface area contributed by atoms with Crippen molar-refractivity contribution in [1.82, 2.24) is 14.7 Å². The molecule has 1 unspecified atom stereocenters. The summed E-state index contributed by atoms with van der Waals surface area (Å²) < 4.78 is 21.9. The van der Waals surface area contributed by atoms with Gasteiger partial charge in [0.15, 0.2) is 0 Å². The first-order valence-corrected chi connectivity index (χ1v) is 11.1. The van der Waals surface area contributed by atoms with Crippen molar-refractivity contribution < 1.29 is 8.91 Å². The third-order valence-corrected chi connectivity index (χ3v) is 6.13. The molecule has 4 nitrogen and oxygen atoms in total. The number of aromatic nitrogens is 3. The summed E-state index contributed by atoms with van der Waals surface area (Å²) in [5.41, 5.74) is 6.53. The van der Waals surface area contributed by atoms with Crippen LogP contribution in [0.4, 0.5) is 4.39 Å². The highest BCUT2D eigenvalue weighted by atomic mass is 19.1. The van der Waals surface area contributed by atoms with E-state index in [1.54, 1.807) is 12.1 Å². The highest BCUT2D eigenvalue weighted by Gasteiger charge is 2.23. The largest absolute Gasteiger partial charge is 0.455 e. The van der Waals surface area contributed by atoms with Crippen molar-refractivity contribution in [2.24, 2.45) is 0 Å². The summed E-state index contributed by atoms with van der Waals surface area (Å²) in [5.74, 6) is 0.506. The van der Waals surface area contributed by atoms with Gasteiger partial charge in [-0.05, 0) is 60.2 Å². The molecule has 1 atom stereocenters. The topological polar surface area (TPSA) is 43.9 Å². The van der Waals surface area contributed by atoms with Gasteiger partial charge >= 0.3 is 0 Å². The minimum Gasteiger partial charge on any atom is -0.455 e. The second kappa shape index (κ2) is 8.94. The van der Waals surface area contributed by atoms with Crippen LogP contribution in [0.15, 0.2) is 89.7 Å². The fraction of sp³-hybridized carbons (Fsp3) is 0.179. The molecule has 0 fully saturated rings. The Bertz CT molecular complexity index is 1350. The third kappa shape index (κ3) is 4.67. The molecule has 0 bridgehead atoms. The van der Waals surface area contributed by atoms with E-state index in [9.17, 15) is 4.39 Å². The molecule has 2 heterocycles. The molecule has 0 N–H and O–H groups in total. The normalized spacial score (nSPS) is 12.2. The summed E-state index contributed by atoms with van der Waals surface area (Å²) in [6.45, 7) is 5.03. The van der Waals surface area contributed by atoms with E-state index < -0.39 is 0 Å². The van der Waals surface area contributed by atoms with Gasteiger partial charge < -0.3 is 9.09 Å². The molecule has 0 aliphatic rings. The van der Waals surface area contributed by atoms with E-state index in [1.807, 2.05) is 36.7 Å². The zero-order valence-corrected chi connectivity index (χ0v) is 18.7. The van der Waals surface area contributed by atoms with Crippen molar-refractivity contribution in [1.29, 1.82) is 0 Å². The Kier molecular flexibility index (Phi) is 5.69. The first-order valence-electron chi connectivity index (χ1n) is 11.1. The number of benzene rings is 3. The standard InChI is InChI=1S/C28H25FN3O/c1-19-7-8-22(15-20(19)2)16-26(24-5-3-6-25(29)17-24)28-30-27(31-33-28)23-11-9-21(10-12-23)18-32-13-4-14-32/h3-15,17,26H,16,18H2,1-2H3/q-1. The summed E-state index contributed by atoms with van der Waals surface area (Å²) >= 11 is 0. The van der Waals surface area contributed by atoms with E-state index in [4.69, 9.17) is 9.51 Å². The third-order valence-electron chi connectivity index (χ3n) is 6.13. The van der Waals surface area contributed by atoms with Gasteiger partial charge in [0.2, 0.25) is 11.7 Å². The minimum atomic E-state index is -0.276. The summed E-state index contributed by atoms with van der Waals surface area (Å²) in [6, 6.07) is 23.2. The molecule has 2 aromatic heterocycles. The van der Waals surface area contributed by atoms with Crippen LogP contribution in [-0.2, 0) is 13.0 Å². The maximum atomic E-state index is 14.1. The zero-order valence-electron chi connectivity index (χ0n) is 18.7. The molecule has 5 heteroatoms. The first kappa shape index (κ1) is 21.0. The van der Waals surface area contributed by atoms with Crippen LogP contribution >= 0.6 is 0 Å². The van der Waals surface area contributed by atoms with Crippen LogP contribution in [0.25, 0.3) is 11.4 Å². The van der Waals surface area contributed by atoms with Gasteiger partial charge in [0.05, 0.1) is 5.92 Å². The molecule has 0 saturated carbocycles. The quantitative estimate of drug-likeness (QED) is 0.275. The van der Waals surface area contributed by atoms with Crippen molar-refractivity contribution in [3.8, 4) is 11.4 Å². The number of rotatable bonds is 7. The molecule has 0 aliphatic carbocycles. The van der Waals surface area contributed by atoms with Crippen LogP contribution in [0.5, 0.6) is 0 Å². The monoisotopic (exact) mass is 438 g/mol. The lowest BCUT2D eigenvalue weighted by molar-refractivity contribution is 0.364. The van der Waals surface area contributed by atoms with E-state index in [2.05, 4.69) is 53.9 Å². The second-order valence-corrected chi connectivity index (χ2v) is 8.55.